The number of nitrogens with two attached hydrogens (primary N) is 1. The van der Waals surface area contributed by atoms with Gasteiger partial charge in [-0.25, -0.2) is 9.97 Å². The highest BCUT2D eigenvalue weighted by Crippen LogP contribution is 2.24. The summed E-state index contributed by atoms with van der Waals surface area (Å²) < 4.78 is 0. The van der Waals surface area contributed by atoms with Crippen molar-refractivity contribution < 1.29 is 5.11 Å². The number of aliphatic hydroxyl groups excluding tert-OH is 1. The van der Waals surface area contributed by atoms with Gasteiger partial charge < -0.3 is 15.7 Å². The van der Waals surface area contributed by atoms with Gasteiger partial charge in [-0.15, -0.1) is 0 Å². The second kappa shape index (κ2) is 6.00. The third kappa shape index (κ3) is 3.10. The van der Waals surface area contributed by atoms with E-state index < -0.39 is 0 Å². The molecule has 1 aliphatic heterocycles. The van der Waals surface area contributed by atoms with Crippen LogP contribution in [0.4, 0.5) is 11.6 Å². The van der Waals surface area contributed by atoms with Crippen molar-refractivity contribution in [2.24, 2.45) is 5.92 Å². The van der Waals surface area contributed by atoms with Crippen molar-refractivity contribution in [1.29, 1.82) is 0 Å². The maximum atomic E-state index is 9.04. The van der Waals surface area contributed by atoms with Crippen molar-refractivity contribution >= 4 is 11.6 Å². The van der Waals surface area contributed by atoms with Gasteiger partial charge in [-0.1, -0.05) is 6.92 Å². The molecule has 2 heterocycles. The number of nitrogen functional groups attached to an aromatic ring is 1. The van der Waals surface area contributed by atoms with Crippen LogP contribution in [0, 0.1) is 5.92 Å². The summed E-state index contributed by atoms with van der Waals surface area (Å²) in [6, 6.07) is 1.85. The molecular weight excluding hydrogens is 228 g/mol. The Morgan fingerprint density at radius 2 is 2.33 bits per heavy atom. The summed E-state index contributed by atoms with van der Waals surface area (Å²) in [6.07, 6.45) is 4.01. The zero-order chi connectivity index (χ0) is 13.0. The lowest BCUT2D eigenvalue weighted by molar-refractivity contribution is 0.244. The van der Waals surface area contributed by atoms with Gasteiger partial charge >= 0.3 is 0 Å². The Hall–Kier alpha value is -1.36. The number of hydrogen-bond donors (Lipinski definition) is 2. The molecule has 0 aromatic carbocycles. The summed E-state index contributed by atoms with van der Waals surface area (Å²) in [6.45, 7) is 4.27. The van der Waals surface area contributed by atoms with Crippen molar-refractivity contribution in [1.82, 2.24) is 9.97 Å². The molecule has 1 aromatic rings. The highest BCUT2D eigenvalue weighted by molar-refractivity contribution is 5.47. The number of rotatable bonds is 4. The predicted octanol–water partition coefficient (Wildman–Crippen LogP) is 1.22. The van der Waals surface area contributed by atoms with Gasteiger partial charge in [0, 0.05) is 32.2 Å². The quantitative estimate of drug-likeness (QED) is 0.840. The molecule has 1 unspecified atom stereocenters. The van der Waals surface area contributed by atoms with E-state index in [1.807, 2.05) is 13.0 Å². The lowest BCUT2D eigenvalue weighted by Crippen LogP contribution is -2.36. The summed E-state index contributed by atoms with van der Waals surface area (Å²) in [5, 5.41) is 9.04. The van der Waals surface area contributed by atoms with Crippen LogP contribution in [0.3, 0.4) is 0 Å². The first-order chi connectivity index (χ1) is 8.72. The van der Waals surface area contributed by atoms with Crippen LogP contribution in [0.15, 0.2) is 6.07 Å². The van der Waals surface area contributed by atoms with Gasteiger partial charge in [-0.05, 0) is 25.2 Å². The fourth-order valence-electron chi connectivity index (χ4n) is 2.51. The number of anilines is 2. The molecule has 0 spiro atoms. The van der Waals surface area contributed by atoms with Gasteiger partial charge in [0.25, 0.3) is 0 Å². The Bertz CT molecular complexity index is 395. The third-order valence-electron chi connectivity index (χ3n) is 3.48. The molecule has 1 saturated heterocycles. The topological polar surface area (TPSA) is 75.3 Å². The van der Waals surface area contributed by atoms with E-state index in [0.29, 0.717) is 11.7 Å². The van der Waals surface area contributed by atoms with Crippen LogP contribution < -0.4 is 10.6 Å². The summed E-state index contributed by atoms with van der Waals surface area (Å²) in [5.74, 6) is 2.84. The van der Waals surface area contributed by atoms with Gasteiger partial charge in [0.2, 0.25) is 0 Å². The molecule has 2 rings (SSSR count). The zero-order valence-electron chi connectivity index (χ0n) is 11.0. The van der Waals surface area contributed by atoms with Gasteiger partial charge in [0.05, 0.1) is 0 Å². The second-order valence-electron chi connectivity index (χ2n) is 4.89. The van der Waals surface area contributed by atoms with E-state index in [-0.39, 0.29) is 6.61 Å². The fourth-order valence-corrected chi connectivity index (χ4v) is 2.51. The molecule has 5 heteroatoms. The monoisotopic (exact) mass is 250 g/mol. The van der Waals surface area contributed by atoms with Crippen LogP contribution in [-0.2, 0) is 6.42 Å². The van der Waals surface area contributed by atoms with Crippen LogP contribution >= 0.6 is 0 Å². The molecule has 100 valence electrons. The SMILES string of the molecule is CCc1nc(N)cc(N2CCCC(CCO)C2)n1. The molecule has 0 saturated carbocycles. The average molecular weight is 250 g/mol. The Morgan fingerprint density at radius 1 is 1.50 bits per heavy atom. The van der Waals surface area contributed by atoms with Crippen LogP contribution in [-0.4, -0.2) is 34.8 Å². The zero-order valence-corrected chi connectivity index (χ0v) is 11.0. The van der Waals surface area contributed by atoms with Crippen molar-refractivity contribution in [3.8, 4) is 0 Å². The van der Waals surface area contributed by atoms with Crippen LogP contribution in [0.1, 0.15) is 32.0 Å². The van der Waals surface area contributed by atoms with Crippen LogP contribution in [0.25, 0.3) is 0 Å². The lowest BCUT2D eigenvalue weighted by Gasteiger charge is -2.33. The Balaban J connectivity index is 2.12. The smallest absolute Gasteiger partial charge is 0.134 e. The molecule has 3 N–H and O–H groups in total. The first-order valence-electron chi connectivity index (χ1n) is 6.72. The Labute approximate surface area is 108 Å². The normalized spacial score (nSPS) is 20.1. The van der Waals surface area contributed by atoms with Crippen molar-refractivity contribution in [2.45, 2.75) is 32.6 Å². The highest BCUT2D eigenvalue weighted by Gasteiger charge is 2.21. The fraction of sp³-hybridized carbons (Fsp3) is 0.692. The molecule has 0 amide bonds. The van der Waals surface area contributed by atoms with Gasteiger partial charge in [-0.2, -0.15) is 0 Å². The van der Waals surface area contributed by atoms with Crippen LogP contribution in [0.2, 0.25) is 0 Å². The standard InChI is InChI=1S/C13H22N4O/c1-2-12-15-11(14)8-13(16-12)17-6-3-4-10(9-17)5-7-18/h8,10,18H,2-7,9H2,1H3,(H2,14,15,16). The maximum Gasteiger partial charge on any atom is 0.134 e. The minimum atomic E-state index is 0.268. The Kier molecular flexibility index (Phi) is 4.36. The number of aryl methyl sites for hydroxylation is 1. The van der Waals surface area contributed by atoms with Crippen molar-refractivity contribution in [2.75, 3.05) is 30.3 Å². The van der Waals surface area contributed by atoms with Gasteiger partial charge in [-0.3, -0.25) is 0 Å². The minimum Gasteiger partial charge on any atom is -0.396 e. The predicted molar refractivity (Wildman–Crippen MR) is 72.5 cm³/mol. The molecule has 0 bridgehead atoms. The number of hydrogen-bond acceptors (Lipinski definition) is 5. The van der Waals surface area contributed by atoms with Gasteiger partial charge in [0.1, 0.15) is 17.5 Å². The van der Waals surface area contributed by atoms with E-state index in [4.69, 9.17) is 10.8 Å². The summed E-state index contributed by atoms with van der Waals surface area (Å²) in [4.78, 5) is 11.0. The van der Waals surface area contributed by atoms with E-state index in [9.17, 15) is 0 Å². The molecular formula is C13H22N4O. The number of aromatic nitrogens is 2. The lowest BCUT2D eigenvalue weighted by atomic mass is 9.95. The molecule has 5 nitrogen and oxygen atoms in total. The molecule has 1 aromatic heterocycles. The molecule has 18 heavy (non-hydrogen) atoms. The second-order valence-corrected chi connectivity index (χ2v) is 4.89. The molecule has 1 fully saturated rings. The average Bonchev–Trinajstić information content (AvgIpc) is 2.39. The van der Waals surface area contributed by atoms with Gasteiger partial charge in [0.15, 0.2) is 0 Å². The molecule has 0 radical (unpaired) electrons. The summed E-state index contributed by atoms with van der Waals surface area (Å²) >= 11 is 0. The van der Waals surface area contributed by atoms with E-state index >= 15 is 0 Å². The summed E-state index contributed by atoms with van der Waals surface area (Å²) in [7, 11) is 0. The highest BCUT2D eigenvalue weighted by atomic mass is 16.3. The van der Waals surface area contributed by atoms with E-state index in [0.717, 1.165) is 44.0 Å². The van der Waals surface area contributed by atoms with E-state index in [1.165, 1.54) is 6.42 Å². The Morgan fingerprint density at radius 3 is 3.06 bits per heavy atom. The molecule has 1 atom stereocenters. The largest absolute Gasteiger partial charge is 0.396 e. The summed E-state index contributed by atoms with van der Waals surface area (Å²) in [5.41, 5.74) is 5.82. The first kappa shape index (κ1) is 13.1. The van der Waals surface area contributed by atoms with Crippen molar-refractivity contribution in [3.63, 3.8) is 0 Å². The molecule has 1 aliphatic rings. The van der Waals surface area contributed by atoms with Crippen molar-refractivity contribution in [3.05, 3.63) is 11.9 Å². The van der Waals surface area contributed by atoms with E-state index in [1.54, 1.807) is 0 Å². The first-order valence-corrected chi connectivity index (χ1v) is 6.72. The number of aliphatic hydroxyl groups is 1. The number of piperidine rings is 1. The molecule has 0 aliphatic carbocycles. The minimum absolute atomic E-state index is 0.268. The number of nitrogens with zero attached hydrogens (tertiary/aromatic N) is 3. The van der Waals surface area contributed by atoms with E-state index in [2.05, 4.69) is 14.9 Å². The van der Waals surface area contributed by atoms with Crippen LogP contribution in [0.5, 0.6) is 0 Å². The maximum absolute atomic E-state index is 9.04. The third-order valence-corrected chi connectivity index (χ3v) is 3.48.